The highest BCUT2D eigenvalue weighted by Gasteiger charge is 2.20. The van der Waals surface area contributed by atoms with Crippen molar-refractivity contribution >= 4 is 8.60 Å². The predicted molar refractivity (Wildman–Crippen MR) is 168 cm³/mol. The molecule has 0 saturated carbocycles. The third-order valence-corrected chi connectivity index (χ3v) is 8.49. The van der Waals surface area contributed by atoms with Gasteiger partial charge in [0.15, 0.2) is 0 Å². The van der Waals surface area contributed by atoms with Gasteiger partial charge in [-0.25, -0.2) is 4.39 Å². The maximum absolute atomic E-state index is 14.8. The zero-order valence-corrected chi connectivity index (χ0v) is 26.8. The largest absolute Gasteiger partial charge is 0.426 e. The number of unbranched alkanes of at least 4 members (excludes halogenated alkanes) is 18. The highest BCUT2D eigenvalue weighted by Crippen LogP contribution is 2.44. The molecule has 0 radical (unpaired) electrons. The summed E-state index contributed by atoms with van der Waals surface area (Å²) in [5.41, 5.74) is 0.608. The maximum Gasteiger partial charge on any atom is 0.397 e. The van der Waals surface area contributed by atoms with Crippen molar-refractivity contribution in [3.05, 3.63) is 29.8 Å². The summed E-state index contributed by atoms with van der Waals surface area (Å²) >= 11 is 0. The summed E-state index contributed by atoms with van der Waals surface area (Å²) in [5.74, 6) is 0.565. The molecule has 0 N–H and O–H groups in total. The van der Waals surface area contributed by atoms with Crippen LogP contribution in [-0.4, -0.2) is 13.2 Å². The molecule has 1 aromatic carbocycles. The van der Waals surface area contributed by atoms with E-state index in [1.54, 1.807) is 0 Å². The van der Waals surface area contributed by atoms with E-state index in [1.165, 1.54) is 116 Å². The van der Waals surface area contributed by atoms with Crippen LogP contribution >= 0.6 is 8.60 Å². The fourth-order valence-corrected chi connectivity index (χ4v) is 5.92. The van der Waals surface area contributed by atoms with Gasteiger partial charge in [-0.1, -0.05) is 161 Å². The first-order valence-electron chi connectivity index (χ1n) is 16.7. The molecular weight excluding hydrogens is 506 g/mol. The quantitative estimate of drug-likeness (QED) is 0.0710. The van der Waals surface area contributed by atoms with Crippen LogP contribution in [0.25, 0.3) is 0 Å². The van der Waals surface area contributed by atoms with E-state index in [2.05, 4.69) is 13.8 Å². The predicted octanol–water partition coefficient (Wildman–Crippen LogP) is 13.0. The van der Waals surface area contributed by atoms with E-state index in [0.29, 0.717) is 30.9 Å². The van der Waals surface area contributed by atoms with Crippen molar-refractivity contribution in [1.29, 1.82) is 0 Å². The van der Waals surface area contributed by atoms with Gasteiger partial charge in [-0.2, -0.15) is 0 Å². The van der Waals surface area contributed by atoms with Gasteiger partial charge in [0.1, 0.15) is 11.9 Å². The van der Waals surface area contributed by atoms with Gasteiger partial charge < -0.3 is 13.6 Å². The molecule has 5 heteroatoms. The molecule has 0 aliphatic rings. The van der Waals surface area contributed by atoms with Gasteiger partial charge in [-0.05, 0) is 25.3 Å². The van der Waals surface area contributed by atoms with E-state index < -0.39 is 14.8 Å². The Morgan fingerprint density at radius 1 is 0.564 bits per heavy atom. The number of rotatable bonds is 29. The van der Waals surface area contributed by atoms with Crippen molar-refractivity contribution in [2.75, 3.05) is 13.2 Å². The minimum Gasteiger partial charge on any atom is -0.426 e. The molecule has 0 amide bonds. The maximum atomic E-state index is 14.8. The Kier molecular flexibility index (Phi) is 25.6. The molecule has 0 spiro atoms. The van der Waals surface area contributed by atoms with Crippen LogP contribution in [0.5, 0.6) is 5.75 Å². The van der Waals surface area contributed by atoms with Gasteiger partial charge in [0.05, 0.1) is 13.2 Å². The lowest BCUT2D eigenvalue weighted by molar-refractivity contribution is 0.197. The van der Waals surface area contributed by atoms with Crippen molar-refractivity contribution in [2.45, 2.75) is 168 Å². The molecule has 1 unspecified atom stereocenters. The van der Waals surface area contributed by atoms with Gasteiger partial charge in [0, 0.05) is 5.56 Å². The summed E-state index contributed by atoms with van der Waals surface area (Å²) in [4.78, 5) is 0. The van der Waals surface area contributed by atoms with Crippen LogP contribution in [0.2, 0.25) is 0 Å². The molecule has 1 aromatic rings. The Labute approximate surface area is 243 Å². The normalized spacial score (nSPS) is 12.3. The second kappa shape index (κ2) is 27.5. The molecule has 0 heterocycles. The molecule has 1 atom stereocenters. The molecule has 0 bridgehead atoms. The minimum absolute atomic E-state index is 0.497. The summed E-state index contributed by atoms with van der Waals surface area (Å²) in [5, 5.41) is 0. The average molecular weight is 569 g/mol. The Balaban J connectivity index is 2.37. The number of halogens is 1. The molecule has 0 fully saturated rings. The van der Waals surface area contributed by atoms with Crippen LogP contribution in [0.1, 0.15) is 174 Å². The first-order chi connectivity index (χ1) is 19.2. The summed E-state index contributed by atoms with van der Waals surface area (Å²) < 4.78 is 33.2. The topological polar surface area (TPSA) is 27.7 Å². The van der Waals surface area contributed by atoms with Crippen LogP contribution in [0, 0.1) is 0 Å². The Bertz CT molecular complexity index is 619. The van der Waals surface area contributed by atoms with E-state index in [0.717, 1.165) is 19.3 Å². The van der Waals surface area contributed by atoms with Gasteiger partial charge in [-0.15, -0.1) is 0 Å². The number of hydrogen-bond acceptors (Lipinski definition) is 3. The van der Waals surface area contributed by atoms with E-state index in [4.69, 9.17) is 13.6 Å². The number of benzene rings is 1. The van der Waals surface area contributed by atoms with E-state index in [1.807, 2.05) is 31.2 Å². The van der Waals surface area contributed by atoms with Crippen LogP contribution in [0.3, 0.4) is 0 Å². The average Bonchev–Trinajstić information content (AvgIpc) is 2.94. The van der Waals surface area contributed by atoms with E-state index >= 15 is 0 Å². The minimum atomic E-state index is -1.53. The first kappa shape index (κ1) is 36.3. The molecule has 3 nitrogen and oxygen atoms in total. The zero-order chi connectivity index (χ0) is 28.2. The monoisotopic (exact) mass is 568 g/mol. The molecule has 0 aliphatic heterocycles. The van der Waals surface area contributed by atoms with Crippen molar-refractivity contribution < 1.29 is 18.0 Å². The smallest absolute Gasteiger partial charge is 0.397 e. The molecule has 0 saturated heterocycles. The molecule has 1 rings (SSSR count). The Morgan fingerprint density at radius 2 is 0.974 bits per heavy atom. The Hall–Kier alpha value is -0.700. The summed E-state index contributed by atoms with van der Waals surface area (Å²) in [6.07, 6.45) is 26.2. The lowest BCUT2D eigenvalue weighted by atomic mass is 10.1. The number of hydrogen-bond donors (Lipinski definition) is 0. The molecule has 39 heavy (non-hydrogen) atoms. The fourth-order valence-electron chi connectivity index (χ4n) is 4.86. The van der Waals surface area contributed by atoms with Crippen molar-refractivity contribution in [1.82, 2.24) is 0 Å². The van der Waals surface area contributed by atoms with Crippen LogP contribution in [-0.2, 0) is 9.05 Å². The zero-order valence-electron chi connectivity index (χ0n) is 25.9. The van der Waals surface area contributed by atoms with Gasteiger partial charge in [-0.3, -0.25) is 0 Å². The molecule has 0 aromatic heterocycles. The molecule has 0 aliphatic carbocycles. The lowest BCUT2D eigenvalue weighted by Crippen LogP contribution is -2.03. The molecule has 228 valence electrons. The van der Waals surface area contributed by atoms with Crippen molar-refractivity contribution in [3.8, 4) is 5.75 Å². The first-order valence-corrected chi connectivity index (χ1v) is 17.8. The fraction of sp³-hybridized carbons (Fsp3) is 0.824. The number of alkyl halides is 1. The van der Waals surface area contributed by atoms with Gasteiger partial charge >= 0.3 is 8.60 Å². The third-order valence-electron chi connectivity index (χ3n) is 7.36. The van der Waals surface area contributed by atoms with Crippen molar-refractivity contribution in [3.63, 3.8) is 0 Å². The van der Waals surface area contributed by atoms with E-state index in [-0.39, 0.29) is 0 Å². The van der Waals surface area contributed by atoms with Crippen LogP contribution in [0.15, 0.2) is 24.3 Å². The Morgan fingerprint density at radius 3 is 1.41 bits per heavy atom. The van der Waals surface area contributed by atoms with Crippen LogP contribution < -0.4 is 4.52 Å². The number of para-hydroxylation sites is 1. The summed E-state index contributed by atoms with van der Waals surface area (Å²) in [7, 11) is -1.53. The standard InChI is InChI=1S/C34H62FO3P/c1-4-7-9-11-13-15-17-19-21-25-30-36-39(37-31-26-22-20-18-16-14-12-10-8-5-2)38-34-29-24-23-28-32(34)33(35)27-6-3/h23-24,28-29,33H,4-22,25-27,30-31H2,1-3H3. The second-order valence-corrected chi connectivity index (χ2v) is 12.3. The highest BCUT2D eigenvalue weighted by molar-refractivity contribution is 7.42. The summed E-state index contributed by atoms with van der Waals surface area (Å²) in [6, 6.07) is 7.45. The molecular formula is C34H62FO3P. The van der Waals surface area contributed by atoms with Crippen LogP contribution in [0.4, 0.5) is 4.39 Å². The highest BCUT2D eigenvalue weighted by atomic mass is 31.2. The van der Waals surface area contributed by atoms with Crippen molar-refractivity contribution in [2.24, 2.45) is 0 Å². The lowest BCUT2D eigenvalue weighted by Gasteiger charge is -2.20. The van der Waals surface area contributed by atoms with Gasteiger partial charge in [0.25, 0.3) is 0 Å². The van der Waals surface area contributed by atoms with E-state index in [9.17, 15) is 4.39 Å². The third kappa shape index (κ3) is 20.8. The second-order valence-electron chi connectivity index (χ2n) is 11.1. The summed E-state index contributed by atoms with van der Waals surface area (Å²) in [6.45, 7) is 7.82. The van der Waals surface area contributed by atoms with Gasteiger partial charge in [0.2, 0.25) is 0 Å². The SMILES string of the molecule is CCCCCCCCCCCCOP(OCCCCCCCCCCCC)Oc1ccccc1C(F)CCC.